The van der Waals surface area contributed by atoms with Crippen LogP contribution in [0.15, 0.2) is 36.9 Å². The Bertz CT molecular complexity index is 774. The molecular formula is C21H27FN4O3. The molecule has 4 amide bonds. The Morgan fingerprint density at radius 1 is 1.31 bits per heavy atom. The summed E-state index contributed by atoms with van der Waals surface area (Å²) in [4.78, 5) is 43.5. The van der Waals surface area contributed by atoms with Crippen LogP contribution in [0.3, 0.4) is 0 Å². The molecular weight excluding hydrogens is 375 g/mol. The van der Waals surface area contributed by atoms with E-state index in [1.54, 1.807) is 17.9 Å². The molecule has 1 aromatic rings. The molecule has 0 bridgehead atoms. The predicted molar refractivity (Wildman–Crippen MR) is 106 cm³/mol. The molecule has 29 heavy (non-hydrogen) atoms. The van der Waals surface area contributed by atoms with Crippen LogP contribution in [0.1, 0.15) is 31.4 Å². The first-order valence-corrected chi connectivity index (χ1v) is 9.94. The Hall–Kier alpha value is -2.74. The van der Waals surface area contributed by atoms with Crippen LogP contribution < -0.4 is 5.32 Å². The van der Waals surface area contributed by atoms with Crippen molar-refractivity contribution in [2.24, 2.45) is 0 Å². The number of carbonyl (C=O) groups is 3. The Kier molecular flexibility index (Phi) is 6.64. The average molecular weight is 402 g/mol. The normalized spacial score (nSPS) is 21.7. The molecule has 156 valence electrons. The number of hydrogen-bond donors (Lipinski definition) is 1. The van der Waals surface area contributed by atoms with Crippen LogP contribution in [0.4, 0.5) is 9.18 Å². The number of benzene rings is 1. The van der Waals surface area contributed by atoms with Crippen molar-refractivity contribution >= 4 is 17.8 Å². The number of piperazine rings is 1. The number of amides is 4. The topological polar surface area (TPSA) is 73.0 Å². The molecule has 0 radical (unpaired) electrons. The smallest absolute Gasteiger partial charge is 0.325 e. The lowest BCUT2D eigenvalue weighted by molar-refractivity contribution is -0.145. The zero-order chi connectivity index (χ0) is 21.0. The largest absolute Gasteiger partial charge is 0.338 e. The Morgan fingerprint density at radius 3 is 2.62 bits per heavy atom. The van der Waals surface area contributed by atoms with Gasteiger partial charge in [-0.25, -0.2) is 9.18 Å². The van der Waals surface area contributed by atoms with Crippen LogP contribution in [0, 0.1) is 5.82 Å². The highest BCUT2D eigenvalue weighted by Crippen LogP contribution is 2.25. The second-order valence-electron chi connectivity index (χ2n) is 7.36. The lowest BCUT2D eigenvalue weighted by Gasteiger charge is -2.40. The summed E-state index contributed by atoms with van der Waals surface area (Å²) in [6.45, 7) is 8.86. The number of hydrogen-bond acceptors (Lipinski definition) is 4. The van der Waals surface area contributed by atoms with E-state index in [9.17, 15) is 18.8 Å². The van der Waals surface area contributed by atoms with E-state index in [1.165, 1.54) is 18.2 Å². The molecule has 0 spiro atoms. The van der Waals surface area contributed by atoms with Crippen LogP contribution in [0.5, 0.6) is 0 Å². The monoisotopic (exact) mass is 402 g/mol. The minimum absolute atomic E-state index is 0.00785. The third-order valence-electron chi connectivity index (χ3n) is 5.47. The zero-order valence-electron chi connectivity index (χ0n) is 16.6. The summed E-state index contributed by atoms with van der Waals surface area (Å²) in [5, 5.41) is 2.75. The number of nitrogens with zero attached hydrogens (tertiary/aromatic N) is 3. The molecule has 0 aliphatic carbocycles. The van der Waals surface area contributed by atoms with E-state index in [0.717, 1.165) is 24.5 Å². The van der Waals surface area contributed by atoms with E-state index in [-0.39, 0.29) is 12.3 Å². The van der Waals surface area contributed by atoms with E-state index in [1.807, 2.05) is 6.08 Å². The molecule has 2 fully saturated rings. The fourth-order valence-electron chi connectivity index (χ4n) is 3.91. The molecule has 2 saturated heterocycles. The van der Waals surface area contributed by atoms with Gasteiger partial charge in [-0.15, -0.1) is 6.58 Å². The summed E-state index contributed by atoms with van der Waals surface area (Å²) < 4.78 is 13.5. The standard InChI is InChI=1S/C21H27FN4O3/c1-3-8-24-9-11-25(12-10-24)20(28)18(4-2)26-19(27)14-17(23-21(26)29)15-6-5-7-16(22)13-15/h3,5-7,13,17-18H,1,4,8-12,14H2,2H3,(H,23,29). The van der Waals surface area contributed by atoms with E-state index in [4.69, 9.17) is 0 Å². The lowest BCUT2D eigenvalue weighted by atomic mass is 9.99. The summed E-state index contributed by atoms with van der Waals surface area (Å²) in [6.07, 6.45) is 2.17. The zero-order valence-corrected chi connectivity index (χ0v) is 16.6. The highest BCUT2D eigenvalue weighted by Gasteiger charge is 2.41. The molecule has 2 atom stereocenters. The molecule has 2 unspecified atom stereocenters. The predicted octanol–water partition coefficient (Wildman–Crippen LogP) is 1.92. The van der Waals surface area contributed by atoms with E-state index in [0.29, 0.717) is 25.1 Å². The van der Waals surface area contributed by atoms with E-state index < -0.39 is 29.8 Å². The number of halogens is 1. The minimum atomic E-state index is -0.832. The molecule has 1 aromatic carbocycles. The first-order chi connectivity index (χ1) is 13.9. The van der Waals surface area contributed by atoms with Gasteiger partial charge in [-0.1, -0.05) is 25.1 Å². The number of rotatable bonds is 6. The molecule has 0 saturated carbocycles. The van der Waals surface area contributed by atoms with Crippen molar-refractivity contribution in [3.8, 4) is 0 Å². The molecule has 2 aliphatic heterocycles. The lowest BCUT2D eigenvalue weighted by Crippen LogP contribution is -2.61. The number of nitrogens with one attached hydrogen (secondary N) is 1. The highest BCUT2D eigenvalue weighted by atomic mass is 19.1. The van der Waals surface area contributed by atoms with Gasteiger partial charge in [-0.2, -0.15) is 0 Å². The summed E-state index contributed by atoms with van der Waals surface area (Å²) in [6, 6.07) is 3.78. The molecule has 8 heteroatoms. The maximum Gasteiger partial charge on any atom is 0.325 e. The Balaban J connectivity index is 1.68. The molecule has 2 aliphatic rings. The minimum Gasteiger partial charge on any atom is -0.338 e. The summed E-state index contributed by atoms with van der Waals surface area (Å²) in [7, 11) is 0. The van der Waals surface area contributed by atoms with Crippen molar-refractivity contribution in [3.63, 3.8) is 0 Å². The third kappa shape index (κ3) is 4.64. The van der Waals surface area contributed by atoms with Gasteiger partial charge < -0.3 is 10.2 Å². The molecule has 1 N–H and O–H groups in total. The van der Waals surface area contributed by atoms with E-state index in [2.05, 4.69) is 16.8 Å². The van der Waals surface area contributed by atoms with Gasteiger partial charge in [0.1, 0.15) is 11.9 Å². The Labute approximate surface area is 170 Å². The average Bonchev–Trinajstić information content (AvgIpc) is 2.71. The number of urea groups is 1. The number of carbonyl (C=O) groups excluding carboxylic acids is 3. The van der Waals surface area contributed by atoms with Gasteiger partial charge in [0, 0.05) is 32.7 Å². The van der Waals surface area contributed by atoms with Crippen molar-refractivity contribution in [2.45, 2.75) is 31.8 Å². The van der Waals surface area contributed by atoms with Gasteiger partial charge in [0.2, 0.25) is 11.8 Å². The van der Waals surface area contributed by atoms with Crippen molar-refractivity contribution < 1.29 is 18.8 Å². The molecule has 3 rings (SSSR count). The fraction of sp³-hybridized carbons (Fsp3) is 0.476. The van der Waals surface area contributed by atoms with Gasteiger partial charge in [-0.05, 0) is 24.1 Å². The van der Waals surface area contributed by atoms with E-state index >= 15 is 0 Å². The van der Waals surface area contributed by atoms with Crippen molar-refractivity contribution in [2.75, 3.05) is 32.7 Å². The quantitative estimate of drug-likeness (QED) is 0.738. The van der Waals surface area contributed by atoms with Crippen LogP contribution in [-0.2, 0) is 9.59 Å². The maximum atomic E-state index is 13.5. The van der Waals surface area contributed by atoms with Crippen LogP contribution in [0.2, 0.25) is 0 Å². The summed E-state index contributed by atoms with van der Waals surface area (Å²) in [5.41, 5.74) is 0.532. The first-order valence-electron chi connectivity index (χ1n) is 9.94. The highest BCUT2D eigenvalue weighted by molar-refractivity contribution is 6.02. The van der Waals surface area contributed by atoms with Gasteiger partial charge in [0.25, 0.3) is 0 Å². The number of imide groups is 1. The second-order valence-corrected chi connectivity index (χ2v) is 7.36. The SMILES string of the molecule is C=CCN1CCN(C(=O)C(CC)N2C(=O)CC(c3cccc(F)c3)NC2=O)CC1. The molecule has 7 nitrogen and oxygen atoms in total. The van der Waals surface area contributed by atoms with Gasteiger partial charge in [0.05, 0.1) is 12.5 Å². The van der Waals surface area contributed by atoms with Crippen LogP contribution >= 0.6 is 0 Å². The Morgan fingerprint density at radius 2 is 2.03 bits per heavy atom. The molecule has 0 aromatic heterocycles. The molecule has 2 heterocycles. The van der Waals surface area contributed by atoms with Gasteiger partial charge in [-0.3, -0.25) is 19.4 Å². The van der Waals surface area contributed by atoms with Crippen LogP contribution in [-0.4, -0.2) is 71.3 Å². The third-order valence-corrected chi connectivity index (χ3v) is 5.47. The maximum absolute atomic E-state index is 13.5. The summed E-state index contributed by atoms with van der Waals surface area (Å²) >= 11 is 0. The van der Waals surface area contributed by atoms with Crippen molar-refractivity contribution in [3.05, 3.63) is 48.3 Å². The van der Waals surface area contributed by atoms with Crippen LogP contribution in [0.25, 0.3) is 0 Å². The summed E-state index contributed by atoms with van der Waals surface area (Å²) in [5.74, 6) is -1.06. The van der Waals surface area contributed by atoms with Crippen molar-refractivity contribution in [1.82, 2.24) is 20.0 Å². The van der Waals surface area contributed by atoms with Gasteiger partial charge >= 0.3 is 6.03 Å². The van der Waals surface area contributed by atoms with Gasteiger partial charge in [0.15, 0.2) is 0 Å². The first kappa shape index (κ1) is 21.0. The van der Waals surface area contributed by atoms with Crippen molar-refractivity contribution in [1.29, 1.82) is 0 Å². The fourth-order valence-corrected chi connectivity index (χ4v) is 3.91. The second kappa shape index (κ2) is 9.17.